The molecule has 7 nitrogen and oxygen atoms in total. The summed E-state index contributed by atoms with van der Waals surface area (Å²) in [5.74, 6) is 0.685. The number of aromatic hydroxyl groups is 1. The van der Waals surface area contributed by atoms with Gasteiger partial charge in [-0.15, -0.1) is 10.2 Å². The van der Waals surface area contributed by atoms with Crippen LogP contribution in [0.15, 0.2) is 30.3 Å². The molecule has 25 heavy (non-hydrogen) atoms. The largest absolute Gasteiger partial charge is 0.507 e. The summed E-state index contributed by atoms with van der Waals surface area (Å²) in [4.78, 5) is 16.1. The van der Waals surface area contributed by atoms with Crippen LogP contribution in [-0.4, -0.2) is 52.3 Å². The fourth-order valence-corrected chi connectivity index (χ4v) is 3.00. The maximum absolute atomic E-state index is 12.1. The van der Waals surface area contributed by atoms with Gasteiger partial charge in [-0.25, -0.2) is 0 Å². The van der Waals surface area contributed by atoms with Gasteiger partial charge in [-0.1, -0.05) is 26.0 Å². The minimum Gasteiger partial charge on any atom is -0.507 e. The quantitative estimate of drug-likeness (QED) is 0.883. The number of aromatic nitrogens is 2. The number of amides is 1. The first kappa shape index (κ1) is 17.0. The number of nitrogens with zero attached hydrogens (tertiary/aromatic N) is 4. The molecular formula is C18H23N5O2. The van der Waals surface area contributed by atoms with Gasteiger partial charge < -0.3 is 20.6 Å². The molecule has 0 atom stereocenters. The normalized spacial score (nSPS) is 14.8. The van der Waals surface area contributed by atoms with Crippen molar-refractivity contribution in [3.8, 4) is 17.0 Å². The zero-order valence-corrected chi connectivity index (χ0v) is 14.5. The van der Waals surface area contributed by atoms with Crippen LogP contribution in [-0.2, 0) is 4.79 Å². The molecule has 0 bridgehead atoms. The summed E-state index contributed by atoms with van der Waals surface area (Å²) in [6.07, 6.45) is 0. The van der Waals surface area contributed by atoms with E-state index in [1.165, 1.54) is 0 Å². The van der Waals surface area contributed by atoms with Gasteiger partial charge in [0.1, 0.15) is 5.75 Å². The van der Waals surface area contributed by atoms with Gasteiger partial charge in [-0.05, 0) is 18.2 Å². The summed E-state index contributed by atoms with van der Waals surface area (Å²) in [5.41, 5.74) is 7.99. The predicted molar refractivity (Wildman–Crippen MR) is 97.2 cm³/mol. The van der Waals surface area contributed by atoms with Crippen molar-refractivity contribution >= 4 is 17.4 Å². The lowest BCUT2D eigenvalue weighted by Crippen LogP contribution is -2.50. The van der Waals surface area contributed by atoms with E-state index in [2.05, 4.69) is 15.1 Å². The van der Waals surface area contributed by atoms with E-state index >= 15 is 0 Å². The van der Waals surface area contributed by atoms with E-state index < -0.39 is 0 Å². The average molecular weight is 341 g/mol. The minimum atomic E-state index is 0.00636. The van der Waals surface area contributed by atoms with Gasteiger partial charge in [-0.3, -0.25) is 4.79 Å². The van der Waals surface area contributed by atoms with E-state index in [4.69, 9.17) is 5.73 Å². The highest BCUT2D eigenvalue weighted by molar-refractivity contribution is 5.79. The van der Waals surface area contributed by atoms with Crippen LogP contribution < -0.4 is 10.6 Å². The van der Waals surface area contributed by atoms with Crippen molar-refractivity contribution in [2.75, 3.05) is 36.8 Å². The van der Waals surface area contributed by atoms with Crippen LogP contribution in [0.1, 0.15) is 13.8 Å². The Morgan fingerprint density at radius 2 is 1.84 bits per heavy atom. The standard InChI is InChI=1S/C18H23N5O2/c1-12(2)18(25)23-9-7-22(8-10-23)15-11-14(20-21-17(15)19)13-5-3-4-6-16(13)24/h3-6,11-12,24H,7-10H2,1-2H3,(H2,19,21). The Morgan fingerprint density at radius 1 is 1.16 bits per heavy atom. The van der Waals surface area contributed by atoms with E-state index in [0.29, 0.717) is 43.3 Å². The van der Waals surface area contributed by atoms with Crippen LogP contribution in [0.25, 0.3) is 11.3 Å². The third-order valence-electron chi connectivity index (χ3n) is 4.41. The molecule has 0 spiro atoms. The molecular weight excluding hydrogens is 318 g/mol. The lowest BCUT2D eigenvalue weighted by atomic mass is 10.1. The molecule has 1 saturated heterocycles. The Morgan fingerprint density at radius 3 is 2.48 bits per heavy atom. The third-order valence-corrected chi connectivity index (χ3v) is 4.41. The van der Waals surface area contributed by atoms with E-state index in [9.17, 15) is 9.90 Å². The second kappa shape index (κ2) is 6.96. The molecule has 0 saturated carbocycles. The zero-order valence-electron chi connectivity index (χ0n) is 14.5. The maximum Gasteiger partial charge on any atom is 0.225 e. The highest BCUT2D eigenvalue weighted by Gasteiger charge is 2.24. The zero-order chi connectivity index (χ0) is 18.0. The van der Waals surface area contributed by atoms with Crippen molar-refractivity contribution in [3.63, 3.8) is 0 Å². The van der Waals surface area contributed by atoms with Crippen LogP contribution in [0.4, 0.5) is 11.5 Å². The molecule has 1 aliphatic rings. The summed E-state index contributed by atoms with van der Waals surface area (Å²) >= 11 is 0. The maximum atomic E-state index is 12.1. The second-order valence-corrected chi connectivity index (χ2v) is 6.48. The summed E-state index contributed by atoms with van der Waals surface area (Å²) in [6, 6.07) is 8.84. The number of hydrogen-bond donors (Lipinski definition) is 2. The first-order valence-electron chi connectivity index (χ1n) is 8.42. The van der Waals surface area contributed by atoms with Gasteiger partial charge in [-0.2, -0.15) is 0 Å². The monoisotopic (exact) mass is 341 g/mol. The number of nitrogens with two attached hydrogens (primary N) is 1. The summed E-state index contributed by atoms with van der Waals surface area (Å²) in [5, 5.41) is 18.2. The predicted octanol–water partition coefficient (Wildman–Crippen LogP) is 1.74. The Labute approximate surface area is 147 Å². The molecule has 1 aromatic carbocycles. The van der Waals surface area contributed by atoms with E-state index in [0.717, 1.165) is 5.69 Å². The number of anilines is 2. The Balaban J connectivity index is 1.81. The van der Waals surface area contributed by atoms with Gasteiger partial charge in [0.05, 0.1) is 11.4 Å². The molecule has 7 heteroatoms. The lowest BCUT2D eigenvalue weighted by molar-refractivity contribution is -0.134. The number of carbonyl (C=O) groups is 1. The van der Waals surface area contributed by atoms with Crippen molar-refractivity contribution in [2.45, 2.75) is 13.8 Å². The molecule has 3 rings (SSSR count). The minimum absolute atomic E-state index is 0.00636. The second-order valence-electron chi connectivity index (χ2n) is 6.48. The number of carbonyl (C=O) groups excluding carboxylic acids is 1. The van der Waals surface area contributed by atoms with E-state index in [-0.39, 0.29) is 17.6 Å². The highest BCUT2D eigenvalue weighted by atomic mass is 16.3. The van der Waals surface area contributed by atoms with Crippen molar-refractivity contribution < 1.29 is 9.90 Å². The number of nitrogen functional groups attached to an aromatic ring is 1. The molecule has 3 N–H and O–H groups in total. The fraction of sp³-hybridized carbons (Fsp3) is 0.389. The summed E-state index contributed by atoms with van der Waals surface area (Å²) in [7, 11) is 0. The molecule has 0 radical (unpaired) electrons. The molecule has 1 aromatic heterocycles. The Bertz CT molecular complexity index is 770. The smallest absolute Gasteiger partial charge is 0.225 e. The fourth-order valence-electron chi connectivity index (χ4n) is 3.00. The van der Waals surface area contributed by atoms with Gasteiger partial charge in [0.2, 0.25) is 5.91 Å². The molecule has 132 valence electrons. The number of hydrogen-bond acceptors (Lipinski definition) is 6. The van der Waals surface area contributed by atoms with Crippen molar-refractivity contribution in [2.24, 2.45) is 5.92 Å². The first-order valence-corrected chi connectivity index (χ1v) is 8.42. The van der Waals surface area contributed by atoms with Gasteiger partial charge in [0.15, 0.2) is 5.82 Å². The molecule has 1 aliphatic heterocycles. The lowest BCUT2D eigenvalue weighted by Gasteiger charge is -2.37. The molecule has 0 aliphatic carbocycles. The molecule has 0 unspecified atom stereocenters. The SMILES string of the molecule is CC(C)C(=O)N1CCN(c2cc(-c3ccccc3O)nnc2N)CC1. The number of phenolic OH excluding ortho intramolecular Hbond substituents is 1. The number of piperazine rings is 1. The van der Waals surface area contributed by atoms with Crippen LogP contribution >= 0.6 is 0 Å². The Kier molecular flexibility index (Phi) is 4.74. The van der Waals surface area contributed by atoms with Crippen molar-refractivity contribution in [1.82, 2.24) is 15.1 Å². The van der Waals surface area contributed by atoms with Gasteiger partial charge in [0.25, 0.3) is 0 Å². The number of phenols is 1. The van der Waals surface area contributed by atoms with Crippen LogP contribution in [0.5, 0.6) is 5.75 Å². The first-order chi connectivity index (χ1) is 12.0. The number of rotatable bonds is 3. The third kappa shape index (κ3) is 3.50. The van der Waals surface area contributed by atoms with Gasteiger partial charge >= 0.3 is 0 Å². The summed E-state index contributed by atoms with van der Waals surface area (Å²) < 4.78 is 0. The van der Waals surface area contributed by atoms with Crippen molar-refractivity contribution in [1.29, 1.82) is 0 Å². The van der Waals surface area contributed by atoms with E-state index in [1.54, 1.807) is 18.2 Å². The number of benzene rings is 1. The highest BCUT2D eigenvalue weighted by Crippen LogP contribution is 2.31. The topological polar surface area (TPSA) is 95.6 Å². The molecule has 1 amide bonds. The molecule has 1 fully saturated rings. The van der Waals surface area contributed by atoms with Crippen LogP contribution in [0.2, 0.25) is 0 Å². The molecule has 2 aromatic rings. The average Bonchev–Trinajstić information content (AvgIpc) is 2.62. The summed E-state index contributed by atoms with van der Waals surface area (Å²) in [6.45, 7) is 6.52. The Hall–Kier alpha value is -2.83. The van der Waals surface area contributed by atoms with Crippen molar-refractivity contribution in [3.05, 3.63) is 30.3 Å². The molecule has 2 heterocycles. The van der Waals surface area contributed by atoms with Gasteiger partial charge in [0, 0.05) is 37.7 Å². The number of para-hydroxylation sites is 1. The van der Waals surface area contributed by atoms with Crippen LogP contribution in [0, 0.1) is 5.92 Å². The van der Waals surface area contributed by atoms with Crippen LogP contribution in [0.3, 0.4) is 0 Å². The van der Waals surface area contributed by atoms with E-state index in [1.807, 2.05) is 30.9 Å².